The summed E-state index contributed by atoms with van der Waals surface area (Å²) in [4.78, 5) is 0. The van der Waals surface area contributed by atoms with Gasteiger partial charge < -0.3 is 5.32 Å². The third-order valence-corrected chi connectivity index (χ3v) is 4.39. The van der Waals surface area contributed by atoms with E-state index in [1.54, 1.807) is 0 Å². The van der Waals surface area contributed by atoms with E-state index in [-0.39, 0.29) is 0 Å². The second-order valence-corrected chi connectivity index (χ2v) is 6.19. The van der Waals surface area contributed by atoms with Gasteiger partial charge in [-0.15, -0.1) is 0 Å². The van der Waals surface area contributed by atoms with Crippen LogP contribution in [0.1, 0.15) is 97.3 Å². The van der Waals surface area contributed by atoms with Crippen molar-refractivity contribution < 1.29 is 0 Å². The second-order valence-electron chi connectivity index (χ2n) is 6.19. The standard InChI is InChI=1S/C17H35N/c1-3-5-7-8-10-13-16(12-9-6-4-2)18-17-14-11-15-17/h16-18H,3-15H2,1-2H3. The molecule has 0 spiro atoms. The van der Waals surface area contributed by atoms with Crippen molar-refractivity contribution in [2.75, 3.05) is 0 Å². The van der Waals surface area contributed by atoms with Crippen LogP contribution in [0.3, 0.4) is 0 Å². The van der Waals surface area contributed by atoms with Gasteiger partial charge in [-0.3, -0.25) is 0 Å². The summed E-state index contributed by atoms with van der Waals surface area (Å²) in [5.41, 5.74) is 0. The molecule has 0 bridgehead atoms. The third-order valence-electron chi connectivity index (χ3n) is 4.39. The Hall–Kier alpha value is -0.0400. The minimum absolute atomic E-state index is 0.823. The monoisotopic (exact) mass is 253 g/mol. The van der Waals surface area contributed by atoms with Gasteiger partial charge in [0.2, 0.25) is 0 Å². The Morgan fingerprint density at radius 3 is 1.94 bits per heavy atom. The van der Waals surface area contributed by atoms with Gasteiger partial charge in [-0.25, -0.2) is 0 Å². The van der Waals surface area contributed by atoms with E-state index in [2.05, 4.69) is 19.2 Å². The molecule has 18 heavy (non-hydrogen) atoms. The van der Waals surface area contributed by atoms with Gasteiger partial charge in [0.15, 0.2) is 0 Å². The fourth-order valence-corrected chi connectivity index (χ4v) is 2.85. The number of hydrogen-bond donors (Lipinski definition) is 1. The van der Waals surface area contributed by atoms with Gasteiger partial charge in [0.25, 0.3) is 0 Å². The summed E-state index contributed by atoms with van der Waals surface area (Å²) >= 11 is 0. The van der Waals surface area contributed by atoms with Crippen LogP contribution in [0.2, 0.25) is 0 Å². The summed E-state index contributed by atoms with van der Waals surface area (Å²) in [6.07, 6.45) is 18.5. The number of unbranched alkanes of at least 4 members (excludes halogenated alkanes) is 6. The van der Waals surface area contributed by atoms with Crippen LogP contribution in [0.5, 0.6) is 0 Å². The van der Waals surface area contributed by atoms with Crippen LogP contribution < -0.4 is 5.32 Å². The predicted molar refractivity (Wildman–Crippen MR) is 82.1 cm³/mol. The Morgan fingerprint density at radius 1 is 0.833 bits per heavy atom. The molecule has 0 aliphatic heterocycles. The number of nitrogens with one attached hydrogen (secondary N) is 1. The van der Waals surface area contributed by atoms with Gasteiger partial charge in [-0.05, 0) is 25.7 Å². The summed E-state index contributed by atoms with van der Waals surface area (Å²) in [6.45, 7) is 4.60. The zero-order chi connectivity index (χ0) is 13.1. The van der Waals surface area contributed by atoms with E-state index in [0.717, 1.165) is 12.1 Å². The van der Waals surface area contributed by atoms with E-state index in [1.807, 2.05) is 0 Å². The molecule has 0 aromatic carbocycles. The highest BCUT2D eigenvalue weighted by atomic mass is 15.0. The average Bonchev–Trinajstić information content (AvgIpc) is 2.32. The van der Waals surface area contributed by atoms with Crippen molar-refractivity contribution in [1.82, 2.24) is 5.32 Å². The van der Waals surface area contributed by atoms with Crippen molar-refractivity contribution in [2.45, 2.75) is 109 Å². The van der Waals surface area contributed by atoms with Gasteiger partial charge in [0.05, 0.1) is 0 Å². The first-order chi connectivity index (χ1) is 8.86. The first kappa shape index (κ1) is 16.0. The van der Waals surface area contributed by atoms with Crippen LogP contribution in [-0.2, 0) is 0 Å². The number of rotatable bonds is 12. The third kappa shape index (κ3) is 7.41. The SMILES string of the molecule is CCCCCCCC(CCCCC)NC1CCC1. The highest BCUT2D eigenvalue weighted by molar-refractivity contribution is 4.80. The molecule has 0 saturated heterocycles. The molecule has 1 N–H and O–H groups in total. The number of hydrogen-bond acceptors (Lipinski definition) is 1. The maximum absolute atomic E-state index is 3.90. The maximum Gasteiger partial charge on any atom is 0.00696 e. The Balaban J connectivity index is 2.07. The van der Waals surface area contributed by atoms with Crippen molar-refractivity contribution in [2.24, 2.45) is 0 Å². The summed E-state index contributed by atoms with van der Waals surface area (Å²) in [6, 6.07) is 1.69. The summed E-state index contributed by atoms with van der Waals surface area (Å²) in [5.74, 6) is 0. The van der Waals surface area contributed by atoms with E-state index in [0.29, 0.717) is 0 Å². The molecule has 0 aromatic rings. The molecular weight excluding hydrogens is 218 g/mol. The van der Waals surface area contributed by atoms with Crippen LogP contribution >= 0.6 is 0 Å². The van der Waals surface area contributed by atoms with Crippen LogP contribution in [0.4, 0.5) is 0 Å². The molecule has 0 radical (unpaired) electrons. The predicted octanol–water partition coefficient (Wildman–Crippen LogP) is 5.44. The smallest absolute Gasteiger partial charge is 0.00696 e. The summed E-state index contributed by atoms with van der Waals surface area (Å²) in [7, 11) is 0. The largest absolute Gasteiger partial charge is 0.311 e. The molecule has 1 fully saturated rings. The van der Waals surface area contributed by atoms with E-state index in [4.69, 9.17) is 0 Å². The summed E-state index contributed by atoms with van der Waals surface area (Å²) < 4.78 is 0. The first-order valence-corrected chi connectivity index (χ1v) is 8.62. The minimum Gasteiger partial charge on any atom is -0.311 e. The topological polar surface area (TPSA) is 12.0 Å². The van der Waals surface area contributed by atoms with Gasteiger partial charge in [0, 0.05) is 12.1 Å². The Morgan fingerprint density at radius 2 is 1.39 bits per heavy atom. The van der Waals surface area contributed by atoms with Gasteiger partial charge >= 0.3 is 0 Å². The Labute approximate surface area is 115 Å². The molecule has 1 nitrogen and oxygen atoms in total. The highest BCUT2D eigenvalue weighted by Crippen LogP contribution is 2.21. The van der Waals surface area contributed by atoms with Crippen LogP contribution in [0.15, 0.2) is 0 Å². The molecule has 0 amide bonds. The zero-order valence-electron chi connectivity index (χ0n) is 12.8. The molecule has 1 saturated carbocycles. The normalized spacial score (nSPS) is 17.7. The van der Waals surface area contributed by atoms with Gasteiger partial charge in [-0.2, -0.15) is 0 Å². The highest BCUT2D eigenvalue weighted by Gasteiger charge is 2.20. The molecule has 1 unspecified atom stereocenters. The van der Waals surface area contributed by atoms with Crippen molar-refractivity contribution in [3.63, 3.8) is 0 Å². The molecule has 1 rings (SSSR count). The van der Waals surface area contributed by atoms with E-state index in [1.165, 1.54) is 83.5 Å². The average molecular weight is 253 g/mol. The molecule has 0 heterocycles. The quantitative estimate of drug-likeness (QED) is 0.457. The molecule has 1 atom stereocenters. The van der Waals surface area contributed by atoms with E-state index in [9.17, 15) is 0 Å². The molecule has 1 heteroatoms. The van der Waals surface area contributed by atoms with Crippen LogP contribution in [0, 0.1) is 0 Å². The van der Waals surface area contributed by atoms with Crippen molar-refractivity contribution in [3.05, 3.63) is 0 Å². The lowest BCUT2D eigenvalue weighted by atomic mass is 9.91. The zero-order valence-corrected chi connectivity index (χ0v) is 12.8. The van der Waals surface area contributed by atoms with Crippen molar-refractivity contribution in [3.8, 4) is 0 Å². The molecule has 108 valence electrons. The Kier molecular flexibility index (Phi) is 9.65. The lowest BCUT2D eigenvalue weighted by molar-refractivity contribution is 0.281. The fraction of sp³-hybridized carbons (Fsp3) is 1.00. The van der Waals surface area contributed by atoms with Crippen LogP contribution in [0.25, 0.3) is 0 Å². The second kappa shape index (κ2) is 10.8. The lowest BCUT2D eigenvalue weighted by Crippen LogP contribution is -2.42. The Bertz CT molecular complexity index is 174. The molecule has 0 aromatic heterocycles. The van der Waals surface area contributed by atoms with Crippen molar-refractivity contribution >= 4 is 0 Å². The van der Waals surface area contributed by atoms with E-state index >= 15 is 0 Å². The molecular formula is C17H35N. The maximum atomic E-state index is 3.90. The lowest BCUT2D eigenvalue weighted by Gasteiger charge is -2.32. The van der Waals surface area contributed by atoms with Gasteiger partial charge in [-0.1, -0.05) is 71.6 Å². The van der Waals surface area contributed by atoms with E-state index < -0.39 is 0 Å². The van der Waals surface area contributed by atoms with Crippen molar-refractivity contribution in [1.29, 1.82) is 0 Å². The molecule has 1 aliphatic carbocycles. The van der Waals surface area contributed by atoms with Gasteiger partial charge in [0.1, 0.15) is 0 Å². The molecule has 1 aliphatic rings. The van der Waals surface area contributed by atoms with Crippen LogP contribution in [-0.4, -0.2) is 12.1 Å². The minimum atomic E-state index is 0.823. The summed E-state index contributed by atoms with van der Waals surface area (Å²) in [5, 5.41) is 3.90. The fourth-order valence-electron chi connectivity index (χ4n) is 2.85. The first-order valence-electron chi connectivity index (χ1n) is 8.62.